The summed E-state index contributed by atoms with van der Waals surface area (Å²) >= 11 is 1.11. The molecule has 1 amide bonds. The van der Waals surface area contributed by atoms with E-state index in [1.165, 1.54) is 30.0 Å². The van der Waals surface area contributed by atoms with E-state index in [2.05, 4.69) is 15.2 Å². The molecule has 1 aliphatic heterocycles. The van der Waals surface area contributed by atoms with Crippen LogP contribution in [-0.2, 0) is 6.54 Å². The summed E-state index contributed by atoms with van der Waals surface area (Å²) in [5.74, 6) is -1.48. The number of rotatable bonds is 11. The van der Waals surface area contributed by atoms with Crippen molar-refractivity contribution in [3.8, 4) is 5.75 Å². The van der Waals surface area contributed by atoms with Crippen LogP contribution in [0.5, 0.6) is 5.75 Å². The Kier molecular flexibility index (Phi) is 9.35. The molecule has 0 radical (unpaired) electrons. The van der Waals surface area contributed by atoms with Gasteiger partial charge in [0.05, 0.1) is 25.5 Å². The van der Waals surface area contributed by atoms with Gasteiger partial charge in [0.2, 0.25) is 0 Å². The van der Waals surface area contributed by atoms with Crippen molar-refractivity contribution in [2.24, 2.45) is 0 Å². The van der Waals surface area contributed by atoms with Gasteiger partial charge < -0.3 is 15.0 Å². The number of nitrogens with one attached hydrogen (secondary N) is 1. The molecule has 1 fully saturated rings. The molecule has 1 saturated heterocycles. The largest absolute Gasteiger partial charge is 0.497 e. The van der Waals surface area contributed by atoms with Gasteiger partial charge in [0.15, 0.2) is 10.9 Å². The van der Waals surface area contributed by atoms with E-state index in [1.54, 1.807) is 61.7 Å². The number of carbonyl (C=O) groups excluding carboxylic acids is 2. The highest BCUT2D eigenvalue weighted by Gasteiger charge is 2.24. The van der Waals surface area contributed by atoms with Crippen LogP contribution >= 0.6 is 11.3 Å². The second-order valence-corrected chi connectivity index (χ2v) is 10.9. The van der Waals surface area contributed by atoms with E-state index in [9.17, 15) is 18.4 Å². The smallest absolute Gasteiger partial charge is 0.270 e. The maximum Gasteiger partial charge on any atom is 0.270 e. The van der Waals surface area contributed by atoms with Crippen molar-refractivity contribution in [1.29, 1.82) is 0 Å². The summed E-state index contributed by atoms with van der Waals surface area (Å²) in [4.78, 5) is 34.3. The maximum atomic E-state index is 14.8. The van der Waals surface area contributed by atoms with Crippen molar-refractivity contribution >= 4 is 39.5 Å². The summed E-state index contributed by atoms with van der Waals surface area (Å²) < 4.78 is 33.6. The number of benzene rings is 3. The van der Waals surface area contributed by atoms with Gasteiger partial charge in [-0.05, 0) is 86.1 Å². The first-order chi connectivity index (χ1) is 20.4. The molecule has 0 saturated carbocycles. The molecule has 1 N–H and O–H groups in total. The second-order valence-electron chi connectivity index (χ2n) is 9.84. The van der Waals surface area contributed by atoms with Gasteiger partial charge in [-0.15, -0.1) is 0 Å². The fourth-order valence-corrected chi connectivity index (χ4v) is 5.44. The number of thiazole rings is 1. The molecule has 42 heavy (non-hydrogen) atoms. The third-order valence-electron chi connectivity index (χ3n) is 6.91. The summed E-state index contributed by atoms with van der Waals surface area (Å²) in [6, 6.07) is 17.2. The monoisotopic (exact) mass is 588 g/mol. The van der Waals surface area contributed by atoms with Crippen molar-refractivity contribution < 1.29 is 23.1 Å². The summed E-state index contributed by atoms with van der Waals surface area (Å²) in [5, 5.41) is 3.60. The molecule has 0 bridgehead atoms. The van der Waals surface area contributed by atoms with Crippen molar-refractivity contribution in [2.45, 2.75) is 19.4 Å². The maximum absolute atomic E-state index is 14.8. The van der Waals surface area contributed by atoms with Crippen LogP contribution in [0.25, 0.3) is 0 Å². The lowest BCUT2D eigenvalue weighted by molar-refractivity contribution is 0.0986. The molecule has 4 aromatic rings. The molecule has 2 heterocycles. The zero-order valence-electron chi connectivity index (χ0n) is 23.1. The normalized spacial score (nSPS) is 13.4. The fourth-order valence-electron chi connectivity index (χ4n) is 4.66. The number of aromatic nitrogens is 1. The van der Waals surface area contributed by atoms with Crippen LogP contribution in [-0.4, -0.2) is 48.3 Å². The molecule has 0 unspecified atom stereocenters. The van der Waals surface area contributed by atoms with Crippen molar-refractivity contribution in [3.63, 3.8) is 0 Å². The molecular formula is C32H30F2N4O3S. The number of hydrogen-bond acceptors (Lipinski definition) is 7. The number of nitrogens with zero attached hydrogens (tertiary/aromatic N) is 3. The number of halogens is 2. The van der Waals surface area contributed by atoms with E-state index < -0.39 is 17.5 Å². The molecule has 0 spiro atoms. The van der Waals surface area contributed by atoms with E-state index in [4.69, 9.17) is 4.74 Å². The standard InChI is InChI=1S/C32H30F2N4O3S/c1-41-26-13-6-22(7-14-26)21-38(28-15-10-24(33)19-27(28)34)31(40)30-20-35-32(42-30)36-25-11-8-23(9-12-25)29(39)5-4-18-37-16-2-3-17-37/h4-15,19-20H,2-3,16-18,21H2,1H3,(H,35,36)/b5-4+. The minimum absolute atomic E-state index is 0.0464. The Morgan fingerprint density at radius 1 is 1.05 bits per heavy atom. The predicted molar refractivity (Wildman–Crippen MR) is 161 cm³/mol. The van der Waals surface area contributed by atoms with Crippen molar-refractivity contribution in [2.75, 3.05) is 37.0 Å². The van der Waals surface area contributed by atoms with Gasteiger partial charge in [-0.25, -0.2) is 13.8 Å². The predicted octanol–water partition coefficient (Wildman–Crippen LogP) is 6.86. The van der Waals surface area contributed by atoms with Gasteiger partial charge in [-0.2, -0.15) is 0 Å². The topological polar surface area (TPSA) is 74.8 Å². The Hall–Kier alpha value is -4.41. The van der Waals surface area contributed by atoms with Crippen molar-refractivity contribution in [1.82, 2.24) is 9.88 Å². The van der Waals surface area contributed by atoms with Gasteiger partial charge in [-0.1, -0.05) is 29.5 Å². The highest BCUT2D eigenvalue weighted by Crippen LogP contribution is 2.29. The molecule has 0 aliphatic carbocycles. The number of likely N-dealkylation sites (tertiary alicyclic amines) is 1. The number of methoxy groups -OCH3 is 1. The average Bonchev–Trinajstić information content (AvgIpc) is 3.69. The quantitative estimate of drug-likeness (QED) is 0.153. The Morgan fingerprint density at radius 3 is 2.48 bits per heavy atom. The lowest BCUT2D eigenvalue weighted by Crippen LogP contribution is -2.30. The molecule has 1 aromatic heterocycles. The number of ketones is 1. The number of carbonyl (C=O) groups is 2. The third-order valence-corrected chi connectivity index (χ3v) is 7.81. The minimum Gasteiger partial charge on any atom is -0.497 e. The van der Waals surface area contributed by atoms with Gasteiger partial charge in [0.1, 0.15) is 22.3 Å². The van der Waals surface area contributed by atoms with Gasteiger partial charge in [0.25, 0.3) is 5.91 Å². The Bertz CT molecular complexity index is 1570. The summed E-state index contributed by atoms with van der Waals surface area (Å²) in [5.41, 5.74) is 1.95. The molecule has 7 nitrogen and oxygen atoms in total. The second kappa shape index (κ2) is 13.5. The van der Waals surface area contributed by atoms with E-state index in [-0.39, 0.29) is 22.9 Å². The first kappa shape index (κ1) is 29.1. The summed E-state index contributed by atoms with van der Waals surface area (Å²) in [7, 11) is 1.55. The number of allylic oxidation sites excluding steroid dienone is 1. The third kappa shape index (κ3) is 7.26. The van der Waals surface area contributed by atoms with E-state index in [0.29, 0.717) is 22.1 Å². The average molecular weight is 589 g/mol. The van der Waals surface area contributed by atoms with E-state index in [1.807, 2.05) is 6.08 Å². The van der Waals surface area contributed by atoms with Crippen LogP contribution < -0.4 is 15.0 Å². The number of hydrogen-bond donors (Lipinski definition) is 1. The Morgan fingerprint density at radius 2 is 1.79 bits per heavy atom. The first-order valence-electron chi connectivity index (χ1n) is 13.6. The molecule has 216 valence electrons. The van der Waals surface area contributed by atoms with Gasteiger partial charge >= 0.3 is 0 Å². The molecule has 1 aliphatic rings. The van der Waals surface area contributed by atoms with E-state index in [0.717, 1.165) is 48.7 Å². The van der Waals surface area contributed by atoms with E-state index >= 15 is 0 Å². The lowest BCUT2D eigenvalue weighted by atomic mass is 10.1. The first-order valence-corrected chi connectivity index (χ1v) is 14.4. The van der Waals surface area contributed by atoms with Gasteiger partial charge in [-0.3, -0.25) is 14.5 Å². The SMILES string of the molecule is COc1ccc(CN(C(=O)c2cnc(Nc3ccc(C(=O)/C=C/CN4CCCC4)cc3)s2)c2ccc(F)cc2F)cc1. The van der Waals surface area contributed by atoms with Crippen LogP contribution in [0.1, 0.15) is 38.4 Å². The fraction of sp³-hybridized carbons (Fsp3) is 0.219. The molecule has 0 atom stereocenters. The van der Waals surface area contributed by atoms with Crippen LogP contribution in [0, 0.1) is 11.6 Å². The zero-order chi connectivity index (χ0) is 29.5. The number of ether oxygens (including phenoxy) is 1. The molecule has 5 rings (SSSR count). The van der Waals surface area contributed by atoms with Crippen LogP contribution in [0.2, 0.25) is 0 Å². The van der Waals surface area contributed by atoms with Crippen LogP contribution in [0.3, 0.4) is 0 Å². The van der Waals surface area contributed by atoms with Crippen LogP contribution in [0.4, 0.5) is 25.3 Å². The number of amides is 1. The highest BCUT2D eigenvalue weighted by molar-refractivity contribution is 7.17. The summed E-state index contributed by atoms with van der Waals surface area (Å²) in [6.07, 6.45) is 7.35. The lowest BCUT2D eigenvalue weighted by Gasteiger charge is -2.23. The Balaban J connectivity index is 1.27. The molecular weight excluding hydrogens is 558 g/mol. The zero-order valence-corrected chi connectivity index (χ0v) is 23.9. The minimum atomic E-state index is -0.847. The number of anilines is 3. The highest BCUT2D eigenvalue weighted by atomic mass is 32.1. The van der Waals surface area contributed by atoms with Crippen molar-refractivity contribution in [3.05, 3.63) is 113 Å². The summed E-state index contributed by atoms with van der Waals surface area (Å²) in [6.45, 7) is 2.98. The van der Waals surface area contributed by atoms with Crippen LogP contribution in [0.15, 0.2) is 85.1 Å². The molecule has 10 heteroatoms. The Labute approximate surface area is 247 Å². The molecule has 3 aromatic carbocycles. The van der Waals surface area contributed by atoms with Gasteiger partial charge in [0, 0.05) is 23.9 Å².